The summed E-state index contributed by atoms with van der Waals surface area (Å²) in [6, 6.07) is 4.58. The van der Waals surface area contributed by atoms with Gasteiger partial charge in [0.15, 0.2) is 0 Å². The number of carbonyl (C=O) groups is 1. The van der Waals surface area contributed by atoms with Crippen LogP contribution in [0.1, 0.15) is 23.2 Å². The van der Waals surface area contributed by atoms with Crippen molar-refractivity contribution in [1.82, 2.24) is 5.32 Å². The van der Waals surface area contributed by atoms with Crippen LogP contribution in [0.25, 0.3) is 0 Å². The average Bonchev–Trinajstić information content (AvgIpc) is 2.30. The fraction of sp³-hybridized carbons (Fsp3) is 0.417. The molecule has 1 fully saturated rings. The summed E-state index contributed by atoms with van der Waals surface area (Å²) >= 11 is 5.71. The van der Waals surface area contributed by atoms with Gasteiger partial charge in [-0.25, -0.2) is 0 Å². The van der Waals surface area contributed by atoms with Crippen LogP contribution in [0.2, 0.25) is 5.02 Å². The minimum atomic E-state index is -0.272. The van der Waals surface area contributed by atoms with Crippen molar-refractivity contribution < 1.29 is 14.6 Å². The Bertz CT molecular complexity index is 416. The highest BCUT2D eigenvalue weighted by molar-refractivity contribution is 6.30. The third-order valence-electron chi connectivity index (χ3n) is 2.76. The van der Waals surface area contributed by atoms with Crippen molar-refractivity contribution in [3.63, 3.8) is 0 Å². The van der Waals surface area contributed by atoms with E-state index in [1.807, 2.05) is 0 Å². The van der Waals surface area contributed by atoms with E-state index >= 15 is 0 Å². The molecule has 1 aromatic rings. The van der Waals surface area contributed by atoms with E-state index in [1.54, 1.807) is 6.07 Å². The van der Waals surface area contributed by atoms with Crippen molar-refractivity contribution in [3.8, 4) is 5.75 Å². The zero-order valence-electron chi connectivity index (χ0n) is 9.28. The van der Waals surface area contributed by atoms with Crippen molar-refractivity contribution >= 4 is 17.5 Å². The number of phenolic OH excluding ortho intramolecular Hbond substituents is 1. The Hall–Kier alpha value is -1.26. The molecule has 1 heterocycles. The van der Waals surface area contributed by atoms with Crippen LogP contribution in [0.15, 0.2) is 18.2 Å². The van der Waals surface area contributed by atoms with Crippen LogP contribution in [0.3, 0.4) is 0 Å². The molecule has 0 saturated carbocycles. The lowest BCUT2D eigenvalue weighted by Crippen LogP contribution is -2.38. The first-order valence-corrected chi connectivity index (χ1v) is 5.92. The zero-order chi connectivity index (χ0) is 12.3. The second-order valence-electron chi connectivity index (χ2n) is 4.02. The van der Waals surface area contributed by atoms with Crippen LogP contribution < -0.4 is 5.32 Å². The number of ether oxygens (including phenoxy) is 1. The van der Waals surface area contributed by atoms with Crippen molar-refractivity contribution in [3.05, 3.63) is 28.8 Å². The maximum Gasteiger partial charge on any atom is 0.255 e. The largest absolute Gasteiger partial charge is 0.507 e. The molecule has 17 heavy (non-hydrogen) atoms. The summed E-state index contributed by atoms with van der Waals surface area (Å²) in [7, 11) is 0. The molecular formula is C12H14ClNO3. The number of nitrogens with one attached hydrogen (secondary N) is 1. The molecule has 0 radical (unpaired) electrons. The SMILES string of the molecule is O=C(NC1CCOCC1)c1ccc(Cl)cc1O. The highest BCUT2D eigenvalue weighted by Gasteiger charge is 2.18. The first-order valence-electron chi connectivity index (χ1n) is 5.54. The van der Waals surface area contributed by atoms with E-state index in [4.69, 9.17) is 16.3 Å². The van der Waals surface area contributed by atoms with Gasteiger partial charge in [0.2, 0.25) is 0 Å². The molecule has 1 amide bonds. The Balaban J connectivity index is 2.03. The minimum Gasteiger partial charge on any atom is -0.507 e. The zero-order valence-corrected chi connectivity index (χ0v) is 10.0. The van der Waals surface area contributed by atoms with Crippen molar-refractivity contribution in [2.75, 3.05) is 13.2 Å². The molecule has 5 heteroatoms. The molecule has 0 aliphatic carbocycles. The number of aromatic hydroxyl groups is 1. The number of phenols is 1. The van der Waals surface area contributed by atoms with Gasteiger partial charge in [-0.1, -0.05) is 11.6 Å². The number of halogens is 1. The molecule has 0 spiro atoms. The number of hydrogen-bond acceptors (Lipinski definition) is 3. The summed E-state index contributed by atoms with van der Waals surface area (Å²) < 4.78 is 5.21. The fourth-order valence-corrected chi connectivity index (χ4v) is 1.97. The van der Waals surface area contributed by atoms with Gasteiger partial charge in [0.05, 0.1) is 5.56 Å². The topological polar surface area (TPSA) is 58.6 Å². The molecule has 1 aromatic carbocycles. The van der Waals surface area contributed by atoms with Gasteiger partial charge >= 0.3 is 0 Å². The average molecular weight is 256 g/mol. The molecule has 2 N–H and O–H groups in total. The summed E-state index contributed by atoms with van der Waals surface area (Å²) in [5, 5.41) is 12.9. The minimum absolute atomic E-state index is 0.0953. The molecule has 92 valence electrons. The van der Waals surface area contributed by atoms with Gasteiger partial charge in [0.1, 0.15) is 5.75 Å². The summed E-state index contributed by atoms with van der Waals surface area (Å²) in [6.07, 6.45) is 1.61. The Kier molecular flexibility index (Phi) is 3.86. The van der Waals surface area contributed by atoms with Gasteiger partial charge in [0, 0.05) is 24.3 Å². The summed E-state index contributed by atoms with van der Waals surface area (Å²) in [5.74, 6) is -0.367. The molecule has 1 aliphatic rings. The number of amides is 1. The van der Waals surface area contributed by atoms with Crippen molar-refractivity contribution in [2.24, 2.45) is 0 Å². The smallest absolute Gasteiger partial charge is 0.255 e. The summed E-state index contributed by atoms with van der Waals surface area (Å²) in [4.78, 5) is 11.9. The van der Waals surface area contributed by atoms with Gasteiger partial charge in [0.25, 0.3) is 5.91 Å². The second-order valence-corrected chi connectivity index (χ2v) is 4.46. The third-order valence-corrected chi connectivity index (χ3v) is 3.00. The van der Waals surface area contributed by atoms with Gasteiger partial charge in [-0.3, -0.25) is 4.79 Å². The van der Waals surface area contributed by atoms with E-state index in [-0.39, 0.29) is 23.3 Å². The van der Waals surface area contributed by atoms with Gasteiger partial charge in [-0.15, -0.1) is 0 Å². The van der Waals surface area contributed by atoms with Crippen LogP contribution >= 0.6 is 11.6 Å². The van der Waals surface area contributed by atoms with Gasteiger partial charge in [-0.2, -0.15) is 0 Å². The van der Waals surface area contributed by atoms with E-state index in [2.05, 4.69) is 5.32 Å². The Morgan fingerprint density at radius 2 is 2.12 bits per heavy atom. The number of carbonyl (C=O) groups excluding carboxylic acids is 1. The number of hydrogen-bond donors (Lipinski definition) is 2. The van der Waals surface area contributed by atoms with Gasteiger partial charge < -0.3 is 15.2 Å². The summed E-state index contributed by atoms with van der Waals surface area (Å²) in [5.41, 5.74) is 0.251. The molecule has 0 atom stereocenters. The first kappa shape index (κ1) is 12.2. The van der Waals surface area contributed by atoms with Crippen molar-refractivity contribution in [2.45, 2.75) is 18.9 Å². The Labute approximate surface area is 105 Å². The van der Waals surface area contributed by atoms with E-state index < -0.39 is 0 Å². The van der Waals surface area contributed by atoms with E-state index in [0.29, 0.717) is 18.2 Å². The molecule has 1 aliphatic heterocycles. The Morgan fingerprint density at radius 3 is 2.76 bits per heavy atom. The van der Waals surface area contributed by atoms with E-state index in [0.717, 1.165) is 12.8 Å². The fourth-order valence-electron chi connectivity index (χ4n) is 1.80. The lowest BCUT2D eigenvalue weighted by Gasteiger charge is -2.23. The lowest BCUT2D eigenvalue weighted by molar-refractivity contribution is 0.0695. The maximum atomic E-state index is 11.9. The molecular weight excluding hydrogens is 242 g/mol. The highest BCUT2D eigenvalue weighted by atomic mass is 35.5. The van der Waals surface area contributed by atoms with Crippen molar-refractivity contribution in [1.29, 1.82) is 0 Å². The molecule has 2 rings (SSSR count). The first-order chi connectivity index (χ1) is 8.16. The maximum absolute atomic E-state index is 11.9. The van der Waals surface area contributed by atoms with Crippen LogP contribution in [-0.4, -0.2) is 30.3 Å². The summed E-state index contributed by atoms with van der Waals surface area (Å²) in [6.45, 7) is 1.33. The molecule has 4 nitrogen and oxygen atoms in total. The molecule has 0 unspecified atom stereocenters. The van der Waals surface area contributed by atoms with E-state index in [9.17, 15) is 9.90 Å². The van der Waals surface area contributed by atoms with Crippen LogP contribution in [0.5, 0.6) is 5.75 Å². The normalized spacial score (nSPS) is 16.8. The number of benzene rings is 1. The highest BCUT2D eigenvalue weighted by Crippen LogP contribution is 2.22. The monoisotopic (exact) mass is 255 g/mol. The molecule has 0 aromatic heterocycles. The second kappa shape index (κ2) is 5.38. The predicted octanol–water partition coefficient (Wildman–Crippen LogP) is 1.95. The van der Waals surface area contributed by atoms with E-state index in [1.165, 1.54) is 12.1 Å². The van der Waals surface area contributed by atoms with Crippen LogP contribution in [0.4, 0.5) is 0 Å². The molecule has 1 saturated heterocycles. The van der Waals surface area contributed by atoms with Crippen LogP contribution in [0, 0.1) is 0 Å². The molecule has 0 bridgehead atoms. The Morgan fingerprint density at radius 1 is 1.41 bits per heavy atom. The predicted molar refractivity (Wildman–Crippen MR) is 64.4 cm³/mol. The van der Waals surface area contributed by atoms with Crippen LogP contribution in [-0.2, 0) is 4.74 Å². The quantitative estimate of drug-likeness (QED) is 0.849. The third kappa shape index (κ3) is 3.11. The van der Waals surface area contributed by atoms with Gasteiger partial charge in [-0.05, 0) is 31.0 Å². The number of rotatable bonds is 2. The standard InChI is InChI=1S/C12H14ClNO3/c13-8-1-2-10(11(15)7-8)12(16)14-9-3-5-17-6-4-9/h1-2,7,9,15H,3-6H2,(H,14,16). The lowest BCUT2D eigenvalue weighted by atomic mass is 10.1.